The summed E-state index contributed by atoms with van der Waals surface area (Å²) in [7, 11) is 0. The summed E-state index contributed by atoms with van der Waals surface area (Å²) in [4.78, 5) is 15.5. The van der Waals surface area contributed by atoms with Crippen molar-refractivity contribution < 1.29 is 4.79 Å². The number of hydrogen-bond donors (Lipinski definition) is 2. The van der Waals surface area contributed by atoms with Gasteiger partial charge in [-0.2, -0.15) is 0 Å². The fourth-order valence-corrected chi connectivity index (χ4v) is 1.49. The van der Waals surface area contributed by atoms with Crippen molar-refractivity contribution in [1.82, 2.24) is 4.98 Å². The van der Waals surface area contributed by atoms with E-state index in [9.17, 15) is 4.79 Å². The van der Waals surface area contributed by atoms with E-state index in [0.717, 1.165) is 0 Å². The van der Waals surface area contributed by atoms with Gasteiger partial charge in [-0.05, 0) is 30.3 Å². The van der Waals surface area contributed by atoms with Gasteiger partial charge in [-0.3, -0.25) is 4.98 Å². The van der Waals surface area contributed by atoms with Gasteiger partial charge in [0.05, 0.1) is 11.9 Å². The van der Waals surface area contributed by atoms with E-state index >= 15 is 0 Å². The van der Waals surface area contributed by atoms with Crippen LogP contribution in [0.2, 0.25) is 5.02 Å². The molecule has 2 rings (SSSR count). The van der Waals surface area contributed by atoms with Crippen LogP contribution in [0.5, 0.6) is 0 Å². The third-order valence-electron chi connectivity index (χ3n) is 2.00. The Balaban J connectivity index is 1.98. The predicted octanol–water partition coefficient (Wildman–Crippen LogP) is 3.38. The number of nitrogens with one attached hydrogen (secondary N) is 2. The fraction of sp³-hybridized carbons (Fsp3) is 0. The summed E-state index contributed by atoms with van der Waals surface area (Å²) in [5.41, 5.74) is 1.27. The number of aromatic nitrogens is 1. The second-order valence-electron chi connectivity index (χ2n) is 3.33. The predicted molar refractivity (Wildman–Crippen MR) is 68.3 cm³/mol. The molecule has 4 nitrogen and oxygen atoms in total. The van der Waals surface area contributed by atoms with Crippen LogP contribution < -0.4 is 10.6 Å². The minimum Gasteiger partial charge on any atom is -0.308 e. The summed E-state index contributed by atoms with van der Waals surface area (Å²) in [6.07, 6.45) is 3.21. The van der Waals surface area contributed by atoms with E-state index in [4.69, 9.17) is 11.6 Å². The Morgan fingerprint density at radius 1 is 1.12 bits per heavy atom. The number of amides is 2. The first-order valence-corrected chi connectivity index (χ1v) is 5.35. The Kier molecular flexibility index (Phi) is 3.57. The lowest BCUT2D eigenvalue weighted by molar-refractivity contribution is 0.262. The molecule has 0 atom stereocenters. The molecule has 0 bridgehead atoms. The average molecular weight is 248 g/mol. The minimum absolute atomic E-state index is 0.333. The van der Waals surface area contributed by atoms with Crippen molar-refractivity contribution in [2.24, 2.45) is 0 Å². The molecule has 2 N–H and O–H groups in total. The highest BCUT2D eigenvalue weighted by atomic mass is 35.5. The molecule has 86 valence electrons. The molecular formula is C12H10ClN3O. The second kappa shape index (κ2) is 5.32. The van der Waals surface area contributed by atoms with Crippen molar-refractivity contribution in [2.75, 3.05) is 10.6 Å². The van der Waals surface area contributed by atoms with Crippen molar-refractivity contribution in [3.8, 4) is 0 Å². The Hall–Kier alpha value is -2.07. The molecule has 1 aromatic carbocycles. The molecule has 0 aliphatic heterocycles. The van der Waals surface area contributed by atoms with E-state index in [1.165, 1.54) is 0 Å². The molecule has 0 spiro atoms. The first-order valence-electron chi connectivity index (χ1n) is 4.97. The van der Waals surface area contributed by atoms with E-state index in [1.807, 2.05) is 0 Å². The molecule has 1 heterocycles. The standard InChI is InChI=1S/C12H10ClN3O/c13-9-3-1-4-10(7-9)15-12(17)16-11-5-2-6-14-8-11/h1-8H,(H2,15,16,17). The Morgan fingerprint density at radius 2 is 1.88 bits per heavy atom. The molecule has 0 saturated heterocycles. The lowest BCUT2D eigenvalue weighted by Crippen LogP contribution is -2.19. The lowest BCUT2D eigenvalue weighted by Gasteiger charge is -2.07. The highest BCUT2D eigenvalue weighted by molar-refractivity contribution is 6.30. The average Bonchev–Trinajstić information content (AvgIpc) is 2.30. The van der Waals surface area contributed by atoms with Crippen molar-refractivity contribution in [1.29, 1.82) is 0 Å². The lowest BCUT2D eigenvalue weighted by atomic mass is 10.3. The van der Waals surface area contributed by atoms with Gasteiger partial charge in [0.1, 0.15) is 0 Å². The number of carbonyl (C=O) groups is 1. The monoisotopic (exact) mass is 247 g/mol. The second-order valence-corrected chi connectivity index (χ2v) is 3.77. The van der Waals surface area contributed by atoms with Gasteiger partial charge in [-0.1, -0.05) is 17.7 Å². The molecular weight excluding hydrogens is 238 g/mol. The van der Waals surface area contributed by atoms with Gasteiger partial charge in [0, 0.05) is 16.9 Å². The molecule has 2 amide bonds. The van der Waals surface area contributed by atoms with E-state index in [1.54, 1.807) is 48.8 Å². The van der Waals surface area contributed by atoms with Crippen LogP contribution in [-0.4, -0.2) is 11.0 Å². The smallest absolute Gasteiger partial charge is 0.308 e. The van der Waals surface area contributed by atoms with Crippen LogP contribution in [0.25, 0.3) is 0 Å². The summed E-state index contributed by atoms with van der Waals surface area (Å²) < 4.78 is 0. The number of halogens is 1. The molecule has 0 aliphatic carbocycles. The zero-order valence-corrected chi connectivity index (χ0v) is 9.61. The Bertz CT molecular complexity index is 516. The number of nitrogens with zero attached hydrogens (tertiary/aromatic N) is 1. The van der Waals surface area contributed by atoms with Gasteiger partial charge < -0.3 is 10.6 Å². The number of urea groups is 1. The summed E-state index contributed by atoms with van der Waals surface area (Å²) in [6.45, 7) is 0. The maximum absolute atomic E-state index is 11.6. The number of pyridine rings is 1. The molecule has 17 heavy (non-hydrogen) atoms. The molecule has 0 saturated carbocycles. The number of carbonyl (C=O) groups excluding carboxylic acids is 1. The molecule has 0 fully saturated rings. The maximum Gasteiger partial charge on any atom is 0.323 e. The number of anilines is 2. The van der Waals surface area contributed by atoms with Gasteiger partial charge in [-0.25, -0.2) is 4.79 Å². The first-order chi connectivity index (χ1) is 8.24. The zero-order chi connectivity index (χ0) is 12.1. The Morgan fingerprint density at radius 3 is 2.59 bits per heavy atom. The van der Waals surface area contributed by atoms with Crippen molar-refractivity contribution in [3.05, 3.63) is 53.8 Å². The molecule has 0 radical (unpaired) electrons. The molecule has 0 unspecified atom stereocenters. The fourth-order valence-electron chi connectivity index (χ4n) is 1.30. The molecule has 5 heteroatoms. The summed E-state index contributed by atoms with van der Waals surface area (Å²) in [6, 6.07) is 10.1. The largest absolute Gasteiger partial charge is 0.323 e. The van der Waals surface area contributed by atoms with Crippen LogP contribution >= 0.6 is 11.6 Å². The molecule has 2 aromatic rings. The molecule has 1 aromatic heterocycles. The highest BCUT2D eigenvalue weighted by Crippen LogP contribution is 2.15. The van der Waals surface area contributed by atoms with Crippen molar-refractivity contribution in [3.63, 3.8) is 0 Å². The maximum atomic E-state index is 11.6. The van der Waals surface area contributed by atoms with Gasteiger partial charge in [0.15, 0.2) is 0 Å². The van der Waals surface area contributed by atoms with Gasteiger partial charge in [-0.15, -0.1) is 0 Å². The van der Waals surface area contributed by atoms with Crippen LogP contribution in [0.3, 0.4) is 0 Å². The summed E-state index contributed by atoms with van der Waals surface area (Å²) in [5.74, 6) is 0. The van der Waals surface area contributed by atoms with E-state index in [2.05, 4.69) is 15.6 Å². The van der Waals surface area contributed by atoms with Gasteiger partial charge in [0.2, 0.25) is 0 Å². The quantitative estimate of drug-likeness (QED) is 0.855. The number of hydrogen-bond acceptors (Lipinski definition) is 2. The van der Waals surface area contributed by atoms with Crippen LogP contribution in [-0.2, 0) is 0 Å². The van der Waals surface area contributed by atoms with Crippen molar-refractivity contribution >= 4 is 29.0 Å². The third kappa shape index (κ3) is 3.46. The van der Waals surface area contributed by atoms with E-state index < -0.39 is 0 Å². The summed E-state index contributed by atoms with van der Waals surface area (Å²) >= 11 is 5.81. The number of benzene rings is 1. The van der Waals surface area contributed by atoms with Gasteiger partial charge in [0.25, 0.3) is 0 Å². The van der Waals surface area contributed by atoms with Crippen LogP contribution in [0.15, 0.2) is 48.8 Å². The molecule has 0 aliphatic rings. The first kappa shape index (κ1) is 11.4. The third-order valence-corrected chi connectivity index (χ3v) is 2.24. The van der Waals surface area contributed by atoms with Crippen LogP contribution in [0.1, 0.15) is 0 Å². The minimum atomic E-state index is -0.333. The summed E-state index contributed by atoms with van der Waals surface area (Å²) in [5, 5.41) is 5.90. The van der Waals surface area contributed by atoms with Crippen molar-refractivity contribution in [2.45, 2.75) is 0 Å². The normalized spacial score (nSPS) is 9.71. The van der Waals surface area contributed by atoms with Crippen LogP contribution in [0.4, 0.5) is 16.2 Å². The Labute approximate surface area is 104 Å². The van der Waals surface area contributed by atoms with Gasteiger partial charge >= 0.3 is 6.03 Å². The van der Waals surface area contributed by atoms with Crippen LogP contribution in [0, 0.1) is 0 Å². The van der Waals surface area contributed by atoms with E-state index in [0.29, 0.717) is 16.4 Å². The SMILES string of the molecule is O=C(Nc1cccnc1)Nc1cccc(Cl)c1. The van der Waals surface area contributed by atoms with E-state index in [-0.39, 0.29) is 6.03 Å². The highest BCUT2D eigenvalue weighted by Gasteiger charge is 2.02. The zero-order valence-electron chi connectivity index (χ0n) is 8.85. The number of rotatable bonds is 2. The topological polar surface area (TPSA) is 54.0 Å².